The quantitative estimate of drug-likeness (QED) is 0.244. The van der Waals surface area contributed by atoms with Crippen LogP contribution in [0.15, 0.2) is 54.9 Å². The van der Waals surface area contributed by atoms with Crippen LogP contribution in [0.1, 0.15) is 34.5 Å². The Kier molecular flexibility index (Phi) is 7.92. The van der Waals surface area contributed by atoms with Crippen molar-refractivity contribution in [3.05, 3.63) is 71.7 Å². The molecule has 2 fully saturated rings. The summed E-state index contributed by atoms with van der Waals surface area (Å²) in [4.78, 5) is 41.6. The highest BCUT2D eigenvalue weighted by molar-refractivity contribution is 6.05. The van der Waals surface area contributed by atoms with Gasteiger partial charge in [0.2, 0.25) is 5.91 Å². The molecule has 4 N–H and O–H groups in total. The molecule has 0 bridgehead atoms. The lowest BCUT2D eigenvalue weighted by molar-refractivity contribution is -0.142. The van der Waals surface area contributed by atoms with Gasteiger partial charge in [-0.25, -0.2) is 4.39 Å². The molecule has 3 aliphatic rings. The van der Waals surface area contributed by atoms with Crippen LogP contribution in [0.5, 0.6) is 0 Å². The number of hydrogen-bond donors (Lipinski definition) is 3. The van der Waals surface area contributed by atoms with Crippen molar-refractivity contribution in [1.82, 2.24) is 29.8 Å². The van der Waals surface area contributed by atoms with Gasteiger partial charge in [0.25, 0.3) is 5.91 Å². The minimum Gasteiger partial charge on any atom is -0.464 e. The number of anilines is 1. The molecule has 0 spiro atoms. The Morgan fingerprint density at radius 3 is 2.80 bits per heavy atom. The molecule has 14 heteroatoms. The summed E-state index contributed by atoms with van der Waals surface area (Å²) < 4.78 is 21.4. The van der Waals surface area contributed by atoms with Gasteiger partial charge in [-0.1, -0.05) is 18.2 Å². The van der Waals surface area contributed by atoms with E-state index < -0.39 is 30.3 Å². The van der Waals surface area contributed by atoms with E-state index in [-0.39, 0.29) is 37.2 Å². The maximum absolute atomic E-state index is 14.8. The largest absolute Gasteiger partial charge is 0.464 e. The van der Waals surface area contributed by atoms with Crippen LogP contribution in [0, 0.1) is 0 Å². The van der Waals surface area contributed by atoms with E-state index in [9.17, 15) is 23.9 Å². The van der Waals surface area contributed by atoms with E-state index in [0.29, 0.717) is 49.1 Å². The first kappa shape index (κ1) is 29.9. The number of benzene rings is 2. The van der Waals surface area contributed by atoms with Gasteiger partial charge >= 0.3 is 5.97 Å². The summed E-state index contributed by atoms with van der Waals surface area (Å²) in [5.74, 6) is -1.36. The zero-order chi connectivity index (χ0) is 31.9. The normalized spacial score (nSPS) is 22.5. The van der Waals surface area contributed by atoms with Crippen molar-refractivity contribution < 1.29 is 28.6 Å². The predicted molar refractivity (Wildman–Crippen MR) is 164 cm³/mol. The van der Waals surface area contributed by atoms with Crippen molar-refractivity contribution in [1.29, 1.82) is 0 Å². The lowest BCUT2D eigenvalue weighted by Crippen LogP contribution is -2.47. The molecule has 46 heavy (non-hydrogen) atoms. The SMILES string of the molecule is NC(=O)c1nn(CC(O)N2CC(F)CC2C(=O)Nc2cccc3c2CCN(C2CCOC2=O)C3)c2ccc(-c3ccnnc3)cc12. The van der Waals surface area contributed by atoms with Gasteiger partial charge in [0.05, 0.1) is 37.1 Å². The van der Waals surface area contributed by atoms with Gasteiger partial charge in [0.15, 0.2) is 5.69 Å². The van der Waals surface area contributed by atoms with E-state index in [2.05, 4.69) is 25.5 Å². The highest BCUT2D eigenvalue weighted by Gasteiger charge is 2.41. The summed E-state index contributed by atoms with van der Waals surface area (Å²) in [6.45, 7) is 1.37. The Morgan fingerprint density at radius 1 is 1.17 bits per heavy atom. The number of nitrogens with one attached hydrogen (secondary N) is 1. The third-order valence-electron chi connectivity index (χ3n) is 9.11. The molecule has 2 saturated heterocycles. The number of alkyl halides is 1. The summed E-state index contributed by atoms with van der Waals surface area (Å²) in [7, 11) is 0. The molecule has 5 heterocycles. The molecular formula is C32H33FN8O5. The Morgan fingerprint density at radius 2 is 2.04 bits per heavy atom. The number of likely N-dealkylation sites (tertiary alicyclic amines) is 1. The minimum atomic E-state index is -1.32. The second-order valence-electron chi connectivity index (χ2n) is 11.9. The fourth-order valence-corrected chi connectivity index (χ4v) is 6.84. The summed E-state index contributed by atoms with van der Waals surface area (Å²) >= 11 is 0. The van der Waals surface area contributed by atoms with E-state index in [1.54, 1.807) is 30.6 Å². The molecule has 0 aliphatic carbocycles. The van der Waals surface area contributed by atoms with Gasteiger partial charge in [-0.05, 0) is 47.4 Å². The number of nitrogens with two attached hydrogens (primary N) is 1. The molecule has 0 saturated carbocycles. The zero-order valence-electron chi connectivity index (χ0n) is 24.9. The van der Waals surface area contributed by atoms with Crippen LogP contribution in [-0.2, 0) is 33.8 Å². The van der Waals surface area contributed by atoms with Crippen LogP contribution in [0.25, 0.3) is 22.0 Å². The van der Waals surface area contributed by atoms with Crippen molar-refractivity contribution in [3.8, 4) is 11.1 Å². The number of aromatic nitrogens is 4. The summed E-state index contributed by atoms with van der Waals surface area (Å²) in [6.07, 6.45) is 1.77. The smallest absolute Gasteiger partial charge is 0.323 e. The van der Waals surface area contributed by atoms with E-state index in [0.717, 1.165) is 22.3 Å². The topological polar surface area (TPSA) is 169 Å². The van der Waals surface area contributed by atoms with Crippen LogP contribution in [-0.4, -0.2) is 96.8 Å². The van der Waals surface area contributed by atoms with Gasteiger partial charge in [-0.15, -0.1) is 0 Å². The molecule has 3 aliphatic heterocycles. The maximum atomic E-state index is 14.8. The number of esters is 1. The molecule has 7 rings (SSSR count). The number of carbonyl (C=O) groups is 3. The number of cyclic esters (lactones) is 1. The maximum Gasteiger partial charge on any atom is 0.323 e. The highest BCUT2D eigenvalue weighted by Crippen LogP contribution is 2.32. The first-order valence-corrected chi connectivity index (χ1v) is 15.2. The third kappa shape index (κ3) is 5.59. The molecular weight excluding hydrogens is 595 g/mol. The van der Waals surface area contributed by atoms with Crippen molar-refractivity contribution in [2.45, 2.75) is 56.8 Å². The number of rotatable bonds is 8. The number of ether oxygens (including phenoxy) is 1. The summed E-state index contributed by atoms with van der Waals surface area (Å²) in [6, 6.07) is 11.6. The van der Waals surface area contributed by atoms with Gasteiger partial charge in [0, 0.05) is 49.1 Å². The average molecular weight is 629 g/mol. The number of hydrogen-bond acceptors (Lipinski definition) is 10. The van der Waals surface area contributed by atoms with E-state index >= 15 is 0 Å². The lowest BCUT2D eigenvalue weighted by atomic mass is 9.96. The van der Waals surface area contributed by atoms with E-state index in [1.165, 1.54) is 9.58 Å². The Balaban J connectivity index is 1.09. The number of carbonyl (C=O) groups excluding carboxylic acids is 3. The third-order valence-corrected chi connectivity index (χ3v) is 9.11. The Labute approximate surface area is 263 Å². The molecule has 4 aromatic rings. The number of fused-ring (bicyclic) bond motifs is 2. The number of amides is 2. The van der Waals surface area contributed by atoms with Crippen molar-refractivity contribution >= 4 is 34.4 Å². The van der Waals surface area contributed by atoms with Crippen molar-refractivity contribution in [2.75, 3.05) is 25.0 Å². The van der Waals surface area contributed by atoms with Crippen LogP contribution >= 0.6 is 0 Å². The molecule has 0 radical (unpaired) electrons. The Bertz CT molecular complexity index is 1820. The standard InChI is InChI=1S/C32H33FN8O5/c33-21-13-27(31(44)37-24-3-1-2-20-15-39(10-7-22(20)24)26-8-11-46-32(26)45)40(16-21)28(42)17-41-25-5-4-18(19-6-9-35-36-14-19)12-23(25)29(38-41)30(34)43/h1-6,9,12,14,21,26-28,42H,7-8,10-11,13,15-17H2,(H2,34,43)(H,37,44). The lowest BCUT2D eigenvalue weighted by Gasteiger charge is -2.33. The number of halogens is 1. The first-order chi connectivity index (χ1) is 22.3. The number of nitrogens with zero attached hydrogens (tertiary/aromatic N) is 6. The summed E-state index contributed by atoms with van der Waals surface area (Å²) in [5.41, 5.74) is 10.4. The van der Waals surface area contributed by atoms with Gasteiger partial charge < -0.3 is 20.9 Å². The van der Waals surface area contributed by atoms with Crippen LogP contribution < -0.4 is 11.1 Å². The van der Waals surface area contributed by atoms with Gasteiger partial charge in [-0.2, -0.15) is 15.3 Å². The molecule has 2 aromatic carbocycles. The molecule has 238 valence electrons. The number of aliphatic hydroxyl groups is 1. The van der Waals surface area contributed by atoms with Crippen LogP contribution in [0.2, 0.25) is 0 Å². The average Bonchev–Trinajstić information content (AvgIpc) is 3.77. The van der Waals surface area contributed by atoms with Crippen LogP contribution in [0.3, 0.4) is 0 Å². The van der Waals surface area contributed by atoms with Gasteiger partial charge in [-0.3, -0.25) is 28.9 Å². The van der Waals surface area contributed by atoms with Crippen molar-refractivity contribution in [2.24, 2.45) is 5.73 Å². The number of primary amides is 1. The fraction of sp³-hybridized carbons (Fsp3) is 0.375. The highest BCUT2D eigenvalue weighted by atomic mass is 19.1. The van der Waals surface area contributed by atoms with E-state index in [4.69, 9.17) is 10.5 Å². The predicted octanol–water partition coefficient (Wildman–Crippen LogP) is 1.64. The Hall–Kier alpha value is -4.79. The molecule has 13 nitrogen and oxygen atoms in total. The monoisotopic (exact) mass is 628 g/mol. The second-order valence-corrected chi connectivity index (χ2v) is 11.9. The second kappa shape index (κ2) is 12.2. The fourth-order valence-electron chi connectivity index (χ4n) is 6.84. The molecule has 4 unspecified atom stereocenters. The van der Waals surface area contributed by atoms with Gasteiger partial charge in [0.1, 0.15) is 18.4 Å². The minimum absolute atomic E-state index is 0.0300. The molecule has 2 amide bonds. The van der Waals surface area contributed by atoms with E-state index in [1.807, 2.05) is 24.3 Å². The number of aliphatic hydroxyl groups excluding tert-OH is 1. The molecule has 4 atom stereocenters. The van der Waals surface area contributed by atoms with Crippen LogP contribution in [0.4, 0.5) is 10.1 Å². The molecule has 2 aromatic heterocycles. The first-order valence-electron chi connectivity index (χ1n) is 15.2. The summed E-state index contributed by atoms with van der Waals surface area (Å²) in [5, 5.41) is 26.9. The van der Waals surface area contributed by atoms with Crippen molar-refractivity contribution in [3.63, 3.8) is 0 Å². The zero-order valence-corrected chi connectivity index (χ0v) is 24.9.